The van der Waals surface area contributed by atoms with Crippen molar-refractivity contribution < 1.29 is 27.5 Å². The van der Waals surface area contributed by atoms with Gasteiger partial charge in [-0.1, -0.05) is 60.7 Å². The van der Waals surface area contributed by atoms with Crippen molar-refractivity contribution in [1.82, 2.24) is 0 Å². The Hall–Kier alpha value is -2.63. The first-order valence-electron chi connectivity index (χ1n) is 7.95. The van der Waals surface area contributed by atoms with E-state index in [0.29, 0.717) is 0 Å². The SMILES string of the molecule is CC(C)(C)OC(=O)C(C(=O)c1ccccc1)(c1ccccc1)C(F)(F)F. The van der Waals surface area contributed by atoms with E-state index in [4.69, 9.17) is 4.74 Å². The fraction of sp³-hybridized carbons (Fsp3) is 0.300. The summed E-state index contributed by atoms with van der Waals surface area (Å²) < 4.78 is 47.9. The molecular formula is C20H19F3O3. The first kappa shape index (κ1) is 19.7. The van der Waals surface area contributed by atoms with Gasteiger partial charge in [-0.25, -0.2) is 0 Å². The van der Waals surface area contributed by atoms with Crippen LogP contribution < -0.4 is 0 Å². The number of esters is 1. The number of halogens is 3. The smallest absolute Gasteiger partial charge is 0.416 e. The highest BCUT2D eigenvalue weighted by Gasteiger charge is 2.68. The summed E-state index contributed by atoms with van der Waals surface area (Å²) in [6.07, 6.45) is -5.19. The van der Waals surface area contributed by atoms with Gasteiger partial charge >= 0.3 is 12.1 Å². The standard InChI is InChI=1S/C20H19F3O3/c1-18(2,3)26-17(25)19(20(21,22)23,15-12-8-5-9-13-15)16(24)14-10-6-4-7-11-14/h4-13H,1-3H3. The summed E-state index contributed by atoms with van der Waals surface area (Å²) >= 11 is 0. The topological polar surface area (TPSA) is 43.4 Å². The Morgan fingerprint density at radius 3 is 1.69 bits per heavy atom. The number of ether oxygens (including phenoxy) is 1. The Labute approximate surface area is 149 Å². The van der Waals surface area contributed by atoms with Crippen LogP contribution in [-0.2, 0) is 14.9 Å². The van der Waals surface area contributed by atoms with Crippen molar-refractivity contribution in [1.29, 1.82) is 0 Å². The third-order valence-electron chi connectivity index (χ3n) is 3.71. The number of benzene rings is 2. The van der Waals surface area contributed by atoms with Gasteiger partial charge < -0.3 is 4.74 Å². The van der Waals surface area contributed by atoms with Crippen molar-refractivity contribution in [2.24, 2.45) is 0 Å². The Morgan fingerprint density at radius 2 is 1.27 bits per heavy atom. The molecule has 3 nitrogen and oxygen atoms in total. The van der Waals surface area contributed by atoms with Gasteiger partial charge in [-0.05, 0) is 26.3 Å². The fourth-order valence-electron chi connectivity index (χ4n) is 2.60. The lowest BCUT2D eigenvalue weighted by Crippen LogP contribution is -2.57. The molecule has 0 spiro atoms. The van der Waals surface area contributed by atoms with Gasteiger partial charge in [-0.15, -0.1) is 0 Å². The van der Waals surface area contributed by atoms with Crippen molar-refractivity contribution in [3.8, 4) is 0 Å². The number of rotatable bonds is 4. The number of carbonyl (C=O) groups is 2. The average molecular weight is 364 g/mol. The molecule has 0 saturated heterocycles. The number of hydrogen-bond donors (Lipinski definition) is 0. The molecule has 0 N–H and O–H groups in total. The molecular weight excluding hydrogens is 345 g/mol. The van der Waals surface area contributed by atoms with Gasteiger partial charge in [-0.2, -0.15) is 13.2 Å². The van der Waals surface area contributed by atoms with Gasteiger partial charge in [0.15, 0.2) is 5.78 Å². The van der Waals surface area contributed by atoms with E-state index in [-0.39, 0.29) is 5.56 Å². The van der Waals surface area contributed by atoms with E-state index in [1.165, 1.54) is 63.2 Å². The second kappa shape index (κ2) is 6.94. The monoisotopic (exact) mass is 364 g/mol. The first-order chi connectivity index (χ1) is 12.0. The fourth-order valence-corrected chi connectivity index (χ4v) is 2.60. The molecule has 0 aliphatic carbocycles. The minimum atomic E-state index is -5.19. The summed E-state index contributed by atoms with van der Waals surface area (Å²) in [5.41, 5.74) is -5.34. The van der Waals surface area contributed by atoms with Crippen molar-refractivity contribution in [2.45, 2.75) is 38.0 Å². The molecule has 0 heterocycles. The zero-order chi connectivity index (χ0) is 19.6. The summed E-state index contributed by atoms with van der Waals surface area (Å²) in [6, 6.07) is 13.4. The van der Waals surface area contributed by atoms with Crippen LogP contribution in [0.2, 0.25) is 0 Å². The van der Waals surface area contributed by atoms with Crippen molar-refractivity contribution in [3.05, 3.63) is 71.8 Å². The van der Waals surface area contributed by atoms with Gasteiger partial charge in [0, 0.05) is 5.56 Å². The molecule has 0 radical (unpaired) electrons. The van der Waals surface area contributed by atoms with Crippen LogP contribution in [0.1, 0.15) is 36.7 Å². The van der Waals surface area contributed by atoms with Crippen molar-refractivity contribution in [2.75, 3.05) is 0 Å². The molecule has 0 fully saturated rings. The zero-order valence-electron chi connectivity index (χ0n) is 14.6. The lowest BCUT2D eigenvalue weighted by molar-refractivity contribution is -0.204. The summed E-state index contributed by atoms with van der Waals surface area (Å²) in [5, 5.41) is 0. The largest absolute Gasteiger partial charge is 0.459 e. The zero-order valence-corrected chi connectivity index (χ0v) is 14.6. The molecule has 2 aromatic carbocycles. The van der Waals surface area contributed by atoms with E-state index in [9.17, 15) is 22.8 Å². The first-order valence-corrected chi connectivity index (χ1v) is 7.95. The normalized spacial score (nSPS) is 14.4. The third kappa shape index (κ3) is 3.64. The summed E-state index contributed by atoms with van der Waals surface area (Å²) in [6.45, 7) is 4.35. The highest BCUT2D eigenvalue weighted by Crippen LogP contribution is 2.45. The molecule has 26 heavy (non-hydrogen) atoms. The van der Waals surface area contributed by atoms with Gasteiger partial charge in [0.25, 0.3) is 0 Å². The minimum absolute atomic E-state index is 0.223. The summed E-state index contributed by atoms with van der Waals surface area (Å²) in [4.78, 5) is 25.8. The van der Waals surface area contributed by atoms with E-state index in [2.05, 4.69) is 0 Å². The molecule has 0 aromatic heterocycles. The van der Waals surface area contributed by atoms with Crippen LogP contribution in [0.4, 0.5) is 13.2 Å². The Kier molecular flexibility index (Phi) is 5.26. The number of hydrogen-bond acceptors (Lipinski definition) is 3. The Balaban J connectivity index is 2.78. The maximum Gasteiger partial charge on any atom is 0.416 e. The molecule has 0 aliphatic heterocycles. The Morgan fingerprint density at radius 1 is 0.808 bits per heavy atom. The highest BCUT2D eigenvalue weighted by atomic mass is 19.4. The van der Waals surface area contributed by atoms with E-state index >= 15 is 0 Å². The second-order valence-electron chi connectivity index (χ2n) is 6.81. The maximum absolute atomic E-state index is 14.3. The second-order valence-corrected chi connectivity index (χ2v) is 6.81. The molecule has 0 saturated carbocycles. The summed E-state index contributed by atoms with van der Waals surface area (Å²) in [7, 11) is 0. The van der Waals surface area contributed by atoms with Crippen molar-refractivity contribution in [3.63, 3.8) is 0 Å². The lowest BCUT2D eigenvalue weighted by atomic mass is 9.73. The number of Topliss-reactive ketones (excluding diaryl/α,β-unsaturated/α-hetero) is 1. The maximum atomic E-state index is 14.3. The molecule has 1 atom stereocenters. The predicted molar refractivity (Wildman–Crippen MR) is 90.8 cm³/mol. The number of alkyl halides is 3. The molecule has 2 rings (SSSR count). The molecule has 1 unspecified atom stereocenters. The molecule has 138 valence electrons. The third-order valence-corrected chi connectivity index (χ3v) is 3.71. The predicted octanol–water partition coefficient (Wildman–Crippen LogP) is 4.71. The van der Waals surface area contributed by atoms with Crippen molar-refractivity contribution >= 4 is 11.8 Å². The molecule has 0 bridgehead atoms. The van der Waals surface area contributed by atoms with Crippen LogP contribution >= 0.6 is 0 Å². The van der Waals surface area contributed by atoms with Gasteiger partial charge in [0.1, 0.15) is 5.60 Å². The van der Waals surface area contributed by atoms with Crippen LogP contribution in [-0.4, -0.2) is 23.5 Å². The van der Waals surface area contributed by atoms with Crippen LogP contribution in [0.5, 0.6) is 0 Å². The van der Waals surface area contributed by atoms with Gasteiger partial charge in [0.2, 0.25) is 5.41 Å². The highest BCUT2D eigenvalue weighted by molar-refractivity contribution is 6.18. The Bertz CT molecular complexity index is 777. The van der Waals surface area contributed by atoms with Crippen LogP contribution in [0, 0.1) is 0 Å². The molecule has 6 heteroatoms. The van der Waals surface area contributed by atoms with E-state index in [1.807, 2.05) is 0 Å². The average Bonchev–Trinajstić information content (AvgIpc) is 2.54. The van der Waals surface area contributed by atoms with Crippen LogP contribution in [0.3, 0.4) is 0 Å². The molecule has 2 aromatic rings. The van der Waals surface area contributed by atoms with Gasteiger partial charge in [-0.3, -0.25) is 9.59 Å². The number of carbonyl (C=O) groups excluding carboxylic acids is 2. The lowest BCUT2D eigenvalue weighted by Gasteiger charge is -2.35. The molecule has 0 aliphatic rings. The van der Waals surface area contributed by atoms with E-state index < -0.39 is 34.5 Å². The van der Waals surface area contributed by atoms with Crippen LogP contribution in [0.15, 0.2) is 60.7 Å². The minimum Gasteiger partial charge on any atom is -0.459 e. The van der Waals surface area contributed by atoms with Gasteiger partial charge in [0.05, 0.1) is 0 Å². The van der Waals surface area contributed by atoms with E-state index in [0.717, 1.165) is 12.1 Å². The number of ketones is 1. The molecule has 0 amide bonds. The van der Waals surface area contributed by atoms with E-state index in [1.54, 1.807) is 6.07 Å². The quantitative estimate of drug-likeness (QED) is 0.448. The van der Waals surface area contributed by atoms with Crippen LogP contribution in [0.25, 0.3) is 0 Å². The summed E-state index contributed by atoms with van der Waals surface area (Å²) in [5.74, 6) is -3.01.